The number of aryl methyl sites for hydroxylation is 3. The number of halogens is 3. The Labute approximate surface area is 236 Å². The third-order valence-electron chi connectivity index (χ3n) is 7.84. The van der Waals surface area contributed by atoms with Gasteiger partial charge >= 0.3 is 6.18 Å². The van der Waals surface area contributed by atoms with Crippen LogP contribution in [0.3, 0.4) is 0 Å². The Kier molecular flexibility index (Phi) is 8.91. The van der Waals surface area contributed by atoms with E-state index >= 15 is 0 Å². The van der Waals surface area contributed by atoms with Crippen LogP contribution in [-0.2, 0) is 11.8 Å². The largest absolute Gasteiger partial charge is 0.429 e. The third-order valence-corrected chi connectivity index (χ3v) is 7.84. The molecule has 1 aliphatic carbocycles. The zero-order valence-corrected chi connectivity index (χ0v) is 24.5. The standard InChI is InChI=1S/C33H41F3N4/c1-7-10-29(38-26-14-13-23(4)21-24(26)5)32(18-9-19-32)30-16-15-28-27(39-30)11-8-20-40(28)31(17-12-22(2)3)37-25(6)33(34,35)36/h10,12-17,21,38H,7-9,11,18-20H2,1-6H3/b29-10?,31-17+,37-25+. The van der Waals surface area contributed by atoms with Crippen LogP contribution >= 0.6 is 0 Å². The minimum absolute atomic E-state index is 0.198. The summed E-state index contributed by atoms with van der Waals surface area (Å²) in [6.45, 7) is 11.8. The van der Waals surface area contributed by atoms with Crippen LogP contribution in [0.25, 0.3) is 0 Å². The van der Waals surface area contributed by atoms with Gasteiger partial charge in [-0.3, -0.25) is 4.98 Å². The van der Waals surface area contributed by atoms with E-state index in [1.165, 1.54) is 16.8 Å². The quantitative estimate of drug-likeness (QED) is 0.263. The molecule has 0 unspecified atom stereocenters. The lowest BCUT2D eigenvalue weighted by molar-refractivity contribution is -0.0592. The molecule has 4 rings (SSSR count). The van der Waals surface area contributed by atoms with Gasteiger partial charge in [0.1, 0.15) is 11.5 Å². The highest BCUT2D eigenvalue weighted by Gasteiger charge is 2.44. The van der Waals surface area contributed by atoms with Gasteiger partial charge in [0.25, 0.3) is 0 Å². The number of alkyl halides is 3. The van der Waals surface area contributed by atoms with Crippen molar-refractivity contribution in [3.63, 3.8) is 0 Å². The molecule has 40 heavy (non-hydrogen) atoms. The lowest BCUT2D eigenvalue weighted by atomic mass is 9.63. The van der Waals surface area contributed by atoms with Crippen LogP contribution in [0.2, 0.25) is 0 Å². The van der Waals surface area contributed by atoms with E-state index in [1.54, 1.807) is 6.08 Å². The van der Waals surface area contributed by atoms with E-state index in [-0.39, 0.29) is 11.2 Å². The highest BCUT2D eigenvalue weighted by Crippen LogP contribution is 2.49. The van der Waals surface area contributed by atoms with Crippen LogP contribution in [0.1, 0.15) is 82.3 Å². The fraction of sp³-hybridized carbons (Fsp3) is 0.455. The Morgan fingerprint density at radius 3 is 2.42 bits per heavy atom. The molecular weight excluding hydrogens is 509 g/mol. The maximum absolute atomic E-state index is 13.4. The van der Waals surface area contributed by atoms with E-state index in [0.717, 1.165) is 73.8 Å². The molecule has 1 aliphatic heterocycles. The second kappa shape index (κ2) is 12.0. The molecule has 0 spiro atoms. The zero-order valence-electron chi connectivity index (χ0n) is 24.5. The first-order valence-electron chi connectivity index (χ1n) is 14.2. The highest BCUT2D eigenvalue weighted by molar-refractivity contribution is 5.88. The minimum atomic E-state index is -4.48. The van der Waals surface area contributed by atoms with Gasteiger partial charge in [-0.2, -0.15) is 13.2 Å². The van der Waals surface area contributed by atoms with E-state index in [4.69, 9.17) is 4.98 Å². The van der Waals surface area contributed by atoms with Crippen molar-refractivity contribution in [2.24, 2.45) is 4.99 Å². The maximum atomic E-state index is 13.4. The second-order valence-electron chi connectivity index (χ2n) is 11.3. The van der Waals surface area contributed by atoms with Crippen molar-refractivity contribution in [1.82, 2.24) is 4.98 Å². The number of fused-ring (bicyclic) bond motifs is 1. The summed E-state index contributed by atoms with van der Waals surface area (Å²) in [6, 6.07) is 10.6. The molecule has 7 heteroatoms. The normalized spacial score (nSPS) is 17.7. The Morgan fingerprint density at radius 1 is 1.07 bits per heavy atom. The molecule has 1 aromatic carbocycles. The number of pyridine rings is 1. The van der Waals surface area contributed by atoms with Crippen molar-refractivity contribution < 1.29 is 13.2 Å². The number of aromatic nitrogens is 1. The highest BCUT2D eigenvalue weighted by atomic mass is 19.4. The molecule has 0 bridgehead atoms. The molecular formula is C33H41F3N4. The lowest BCUT2D eigenvalue weighted by Gasteiger charge is -2.44. The topological polar surface area (TPSA) is 40.5 Å². The van der Waals surface area contributed by atoms with Crippen molar-refractivity contribution in [2.45, 2.75) is 91.7 Å². The zero-order chi connectivity index (χ0) is 29.1. The monoisotopic (exact) mass is 550 g/mol. The summed E-state index contributed by atoms with van der Waals surface area (Å²) < 4.78 is 40.3. The van der Waals surface area contributed by atoms with Gasteiger partial charge < -0.3 is 10.2 Å². The summed E-state index contributed by atoms with van der Waals surface area (Å²) in [5, 5.41) is 3.76. The molecule has 4 nitrogen and oxygen atoms in total. The summed E-state index contributed by atoms with van der Waals surface area (Å²) in [4.78, 5) is 11.1. The number of anilines is 2. The summed E-state index contributed by atoms with van der Waals surface area (Å²) in [6.07, 6.45) is 6.91. The molecule has 0 radical (unpaired) electrons. The first-order valence-corrected chi connectivity index (χ1v) is 14.2. The first-order chi connectivity index (χ1) is 18.9. The first kappa shape index (κ1) is 29.6. The molecule has 2 aromatic rings. The lowest BCUT2D eigenvalue weighted by Crippen LogP contribution is -2.40. The van der Waals surface area contributed by atoms with Gasteiger partial charge in [-0.25, -0.2) is 4.99 Å². The van der Waals surface area contributed by atoms with Crippen LogP contribution in [0.5, 0.6) is 0 Å². The fourth-order valence-corrected chi connectivity index (χ4v) is 5.48. The van der Waals surface area contributed by atoms with Crippen molar-refractivity contribution in [3.8, 4) is 0 Å². The molecule has 1 aromatic heterocycles. The summed E-state index contributed by atoms with van der Waals surface area (Å²) in [7, 11) is 0. The molecule has 2 aliphatic rings. The van der Waals surface area contributed by atoms with Gasteiger partial charge in [0.2, 0.25) is 0 Å². The Bertz CT molecular complexity index is 1360. The van der Waals surface area contributed by atoms with Crippen molar-refractivity contribution >= 4 is 17.1 Å². The number of nitrogens with zero attached hydrogens (tertiary/aromatic N) is 3. The minimum Gasteiger partial charge on any atom is -0.358 e. The van der Waals surface area contributed by atoms with E-state index in [0.29, 0.717) is 6.54 Å². The summed E-state index contributed by atoms with van der Waals surface area (Å²) in [5.74, 6) is 0.285. The Morgan fingerprint density at radius 2 is 1.82 bits per heavy atom. The smallest absolute Gasteiger partial charge is 0.358 e. The van der Waals surface area contributed by atoms with Gasteiger partial charge in [-0.1, -0.05) is 48.8 Å². The summed E-state index contributed by atoms with van der Waals surface area (Å²) >= 11 is 0. The number of nitrogens with one attached hydrogen (secondary N) is 1. The van der Waals surface area contributed by atoms with E-state index in [1.807, 2.05) is 30.9 Å². The number of allylic oxidation sites excluding steroid dienone is 5. The van der Waals surface area contributed by atoms with Crippen molar-refractivity contribution in [2.75, 3.05) is 16.8 Å². The van der Waals surface area contributed by atoms with Crippen molar-refractivity contribution in [3.05, 3.63) is 88.2 Å². The number of hydrogen-bond donors (Lipinski definition) is 1. The van der Waals surface area contributed by atoms with Crippen LogP contribution < -0.4 is 10.2 Å². The predicted octanol–water partition coefficient (Wildman–Crippen LogP) is 9.11. The van der Waals surface area contributed by atoms with Gasteiger partial charge in [0.15, 0.2) is 0 Å². The number of benzene rings is 1. The number of hydrogen-bond acceptors (Lipinski definition) is 4. The van der Waals surface area contributed by atoms with Gasteiger partial charge in [0.05, 0.1) is 22.5 Å². The van der Waals surface area contributed by atoms with Crippen LogP contribution in [0.15, 0.2) is 70.6 Å². The molecule has 0 atom stereocenters. The Hall–Kier alpha value is -3.35. The third kappa shape index (κ3) is 6.34. The maximum Gasteiger partial charge on any atom is 0.429 e. The molecule has 0 amide bonds. The molecule has 1 saturated carbocycles. The van der Waals surface area contributed by atoms with Crippen LogP contribution in [0, 0.1) is 13.8 Å². The average Bonchev–Trinajstić information content (AvgIpc) is 2.86. The molecule has 1 fully saturated rings. The van der Waals surface area contributed by atoms with Crippen molar-refractivity contribution in [1.29, 1.82) is 0 Å². The molecule has 1 N–H and O–H groups in total. The SMILES string of the molecule is CCC=C(Nc1ccc(C)cc1C)C1(c2ccc3c(n2)CCCN3C(=C/C=C(C)C)/N=C(\C)C(F)(F)F)CCC1. The second-order valence-corrected chi connectivity index (χ2v) is 11.3. The molecule has 0 saturated heterocycles. The molecule has 2 heterocycles. The summed E-state index contributed by atoms with van der Waals surface area (Å²) in [5.41, 5.74) is 7.43. The Balaban J connectivity index is 1.73. The predicted molar refractivity (Wildman–Crippen MR) is 160 cm³/mol. The van der Waals surface area contributed by atoms with Gasteiger partial charge in [-0.15, -0.1) is 0 Å². The molecule has 214 valence electrons. The number of rotatable bonds is 8. The van der Waals surface area contributed by atoms with Gasteiger partial charge in [-0.05, 0) is 96.6 Å². The van der Waals surface area contributed by atoms with Crippen LogP contribution in [-0.4, -0.2) is 23.4 Å². The number of aliphatic imine (C=N–C) groups is 1. The average molecular weight is 551 g/mol. The van der Waals surface area contributed by atoms with Crippen LogP contribution in [0.4, 0.5) is 24.5 Å². The van der Waals surface area contributed by atoms with E-state index in [9.17, 15) is 13.2 Å². The van der Waals surface area contributed by atoms with E-state index in [2.05, 4.69) is 61.4 Å². The fourth-order valence-electron chi connectivity index (χ4n) is 5.48. The van der Waals surface area contributed by atoms with E-state index < -0.39 is 11.9 Å². The van der Waals surface area contributed by atoms with Gasteiger partial charge in [0, 0.05) is 17.9 Å².